The van der Waals surface area contributed by atoms with Crippen molar-refractivity contribution in [2.75, 3.05) is 7.05 Å². The van der Waals surface area contributed by atoms with Crippen LogP contribution in [0.25, 0.3) is 0 Å². The van der Waals surface area contributed by atoms with Crippen molar-refractivity contribution in [1.82, 2.24) is 10.2 Å². The molecule has 1 heterocycles. The lowest BCUT2D eigenvalue weighted by Crippen LogP contribution is -2.34. The fraction of sp³-hybridized carbons (Fsp3) is 0.733. The first-order chi connectivity index (χ1) is 8.31. The van der Waals surface area contributed by atoms with Crippen molar-refractivity contribution in [3.63, 3.8) is 0 Å². The smallest absolute Gasteiger partial charge is 0.118 e. The van der Waals surface area contributed by atoms with Crippen LogP contribution in [0.15, 0.2) is 16.5 Å². The van der Waals surface area contributed by atoms with Gasteiger partial charge in [-0.1, -0.05) is 6.92 Å². The van der Waals surface area contributed by atoms with E-state index in [0.29, 0.717) is 6.04 Å². The fourth-order valence-corrected chi connectivity index (χ4v) is 1.67. The summed E-state index contributed by atoms with van der Waals surface area (Å²) in [6, 6.07) is 4.74. The molecule has 104 valence electrons. The summed E-state index contributed by atoms with van der Waals surface area (Å²) in [5.41, 5.74) is 0.125. The van der Waals surface area contributed by atoms with Gasteiger partial charge in [-0.05, 0) is 53.3 Å². The van der Waals surface area contributed by atoms with Crippen molar-refractivity contribution in [1.29, 1.82) is 0 Å². The van der Waals surface area contributed by atoms with Crippen molar-refractivity contribution in [3.05, 3.63) is 23.7 Å². The summed E-state index contributed by atoms with van der Waals surface area (Å²) < 4.78 is 5.84. The minimum absolute atomic E-state index is 0.125. The molecule has 0 aliphatic heterocycles. The Hall–Kier alpha value is -0.800. The standard InChI is InChI=1S/C15H28N2O/c1-7-12(2)17(6)11-14-9-8-13(18-14)10-16-15(3,4)5/h8-9,12,16H,7,10-11H2,1-6H3. The Morgan fingerprint density at radius 2 is 1.89 bits per heavy atom. The zero-order chi connectivity index (χ0) is 13.8. The molecule has 0 aromatic carbocycles. The van der Waals surface area contributed by atoms with Gasteiger partial charge < -0.3 is 9.73 Å². The monoisotopic (exact) mass is 252 g/mol. The number of rotatable bonds is 6. The van der Waals surface area contributed by atoms with E-state index in [2.05, 4.69) is 64.0 Å². The minimum atomic E-state index is 0.125. The van der Waals surface area contributed by atoms with Crippen LogP contribution in [0.1, 0.15) is 52.6 Å². The molecule has 0 saturated heterocycles. The number of hydrogen-bond donors (Lipinski definition) is 1. The Morgan fingerprint density at radius 1 is 1.28 bits per heavy atom. The van der Waals surface area contributed by atoms with Gasteiger partial charge in [0, 0.05) is 11.6 Å². The molecule has 3 heteroatoms. The third-order valence-corrected chi connectivity index (χ3v) is 3.26. The van der Waals surface area contributed by atoms with Gasteiger partial charge in [-0.25, -0.2) is 0 Å². The lowest BCUT2D eigenvalue weighted by atomic mass is 10.1. The second kappa shape index (κ2) is 6.39. The lowest BCUT2D eigenvalue weighted by Gasteiger charge is -2.22. The molecule has 0 aliphatic rings. The van der Waals surface area contributed by atoms with Gasteiger partial charge in [0.05, 0.1) is 13.1 Å². The summed E-state index contributed by atoms with van der Waals surface area (Å²) in [6.45, 7) is 12.6. The number of nitrogens with one attached hydrogen (secondary N) is 1. The molecule has 0 amide bonds. The van der Waals surface area contributed by atoms with Gasteiger partial charge in [-0.15, -0.1) is 0 Å². The average Bonchev–Trinajstić information content (AvgIpc) is 2.72. The molecule has 1 atom stereocenters. The van der Waals surface area contributed by atoms with Crippen LogP contribution in [0.2, 0.25) is 0 Å². The van der Waals surface area contributed by atoms with Crippen molar-refractivity contribution in [2.45, 2.75) is 65.7 Å². The molecule has 0 bridgehead atoms. The topological polar surface area (TPSA) is 28.4 Å². The van der Waals surface area contributed by atoms with E-state index in [-0.39, 0.29) is 5.54 Å². The van der Waals surface area contributed by atoms with E-state index in [1.807, 2.05) is 0 Å². The van der Waals surface area contributed by atoms with Crippen LogP contribution in [0.3, 0.4) is 0 Å². The van der Waals surface area contributed by atoms with Gasteiger partial charge in [0.15, 0.2) is 0 Å². The maximum Gasteiger partial charge on any atom is 0.118 e. The molecule has 1 N–H and O–H groups in total. The highest BCUT2D eigenvalue weighted by atomic mass is 16.3. The number of hydrogen-bond acceptors (Lipinski definition) is 3. The first-order valence-electron chi connectivity index (χ1n) is 6.84. The normalized spacial score (nSPS) is 14.2. The number of nitrogens with zero attached hydrogens (tertiary/aromatic N) is 1. The maximum absolute atomic E-state index is 5.84. The maximum atomic E-state index is 5.84. The van der Waals surface area contributed by atoms with E-state index in [4.69, 9.17) is 4.42 Å². The molecule has 1 aromatic heterocycles. The third kappa shape index (κ3) is 5.23. The molecule has 0 radical (unpaired) electrons. The van der Waals surface area contributed by atoms with E-state index in [1.54, 1.807) is 0 Å². The Kier molecular flexibility index (Phi) is 5.42. The van der Waals surface area contributed by atoms with Crippen molar-refractivity contribution >= 4 is 0 Å². The summed E-state index contributed by atoms with van der Waals surface area (Å²) in [5.74, 6) is 2.06. The summed E-state index contributed by atoms with van der Waals surface area (Å²) >= 11 is 0. The fourth-order valence-electron chi connectivity index (χ4n) is 1.67. The molecule has 0 saturated carbocycles. The highest BCUT2D eigenvalue weighted by molar-refractivity contribution is 5.07. The zero-order valence-electron chi connectivity index (χ0n) is 12.7. The van der Waals surface area contributed by atoms with Gasteiger partial charge in [-0.2, -0.15) is 0 Å². The summed E-state index contributed by atoms with van der Waals surface area (Å²) in [5, 5.41) is 3.43. The molecule has 18 heavy (non-hydrogen) atoms. The zero-order valence-corrected chi connectivity index (χ0v) is 12.7. The van der Waals surface area contributed by atoms with E-state index >= 15 is 0 Å². The molecule has 0 fully saturated rings. The predicted octanol–water partition coefficient (Wildman–Crippen LogP) is 3.40. The van der Waals surface area contributed by atoms with Crippen LogP contribution < -0.4 is 5.32 Å². The van der Waals surface area contributed by atoms with Crippen molar-refractivity contribution in [3.8, 4) is 0 Å². The Labute approximate surface area is 112 Å². The second-order valence-corrected chi connectivity index (χ2v) is 6.14. The predicted molar refractivity (Wildman–Crippen MR) is 76.5 cm³/mol. The lowest BCUT2D eigenvalue weighted by molar-refractivity contribution is 0.222. The largest absolute Gasteiger partial charge is 0.463 e. The molecule has 1 aromatic rings. The van der Waals surface area contributed by atoms with Crippen LogP contribution in [0.4, 0.5) is 0 Å². The summed E-state index contributed by atoms with van der Waals surface area (Å²) in [7, 11) is 2.14. The molecular weight excluding hydrogens is 224 g/mol. The van der Waals surface area contributed by atoms with E-state index in [9.17, 15) is 0 Å². The highest BCUT2D eigenvalue weighted by Gasteiger charge is 2.12. The molecule has 1 unspecified atom stereocenters. The average molecular weight is 252 g/mol. The van der Waals surface area contributed by atoms with Crippen LogP contribution in [-0.4, -0.2) is 23.5 Å². The van der Waals surface area contributed by atoms with Gasteiger partial charge >= 0.3 is 0 Å². The van der Waals surface area contributed by atoms with Crippen LogP contribution >= 0.6 is 0 Å². The molecule has 1 rings (SSSR count). The number of furan rings is 1. The molecule has 0 spiro atoms. The minimum Gasteiger partial charge on any atom is -0.463 e. The summed E-state index contributed by atoms with van der Waals surface area (Å²) in [4.78, 5) is 2.32. The summed E-state index contributed by atoms with van der Waals surface area (Å²) in [6.07, 6.45) is 1.16. The van der Waals surface area contributed by atoms with Gasteiger partial charge in [0.25, 0.3) is 0 Å². The Bertz CT molecular complexity index is 352. The Balaban J connectivity index is 2.48. The van der Waals surface area contributed by atoms with E-state index in [1.165, 1.54) is 0 Å². The molecular formula is C15H28N2O. The van der Waals surface area contributed by atoms with Gasteiger partial charge in [0.1, 0.15) is 11.5 Å². The molecule has 0 aliphatic carbocycles. The quantitative estimate of drug-likeness (QED) is 0.841. The van der Waals surface area contributed by atoms with E-state index < -0.39 is 0 Å². The molecule has 3 nitrogen and oxygen atoms in total. The second-order valence-electron chi connectivity index (χ2n) is 6.14. The van der Waals surface area contributed by atoms with E-state index in [0.717, 1.165) is 31.0 Å². The third-order valence-electron chi connectivity index (χ3n) is 3.26. The van der Waals surface area contributed by atoms with Crippen molar-refractivity contribution in [2.24, 2.45) is 0 Å². The first-order valence-corrected chi connectivity index (χ1v) is 6.84. The van der Waals surface area contributed by atoms with Crippen LogP contribution in [0.5, 0.6) is 0 Å². The SMILES string of the molecule is CCC(C)N(C)Cc1ccc(CNC(C)(C)C)o1. The Morgan fingerprint density at radius 3 is 2.44 bits per heavy atom. The van der Waals surface area contributed by atoms with Crippen LogP contribution in [-0.2, 0) is 13.1 Å². The van der Waals surface area contributed by atoms with Crippen molar-refractivity contribution < 1.29 is 4.42 Å². The van der Waals surface area contributed by atoms with Gasteiger partial charge in [0.2, 0.25) is 0 Å². The van der Waals surface area contributed by atoms with Crippen LogP contribution in [0, 0.1) is 0 Å². The first kappa shape index (κ1) is 15.3. The highest BCUT2D eigenvalue weighted by Crippen LogP contribution is 2.13. The van der Waals surface area contributed by atoms with Gasteiger partial charge in [-0.3, -0.25) is 4.90 Å².